The van der Waals surface area contributed by atoms with E-state index in [1.807, 2.05) is 13.8 Å². The molecule has 0 amide bonds. The molecule has 0 aliphatic carbocycles. The fraction of sp³-hybridized carbons (Fsp3) is 0.500. The Kier molecular flexibility index (Phi) is 4.48. The van der Waals surface area contributed by atoms with Crippen LogP contribution < -0.4 is 5.73 Å². The van der Waals surface area contributed by atoms with Crippen molar-refractivity contribution in [2.24, 2.45) is 0 Å². The van der Waals surface area contributed by atoms with Crippen LogP contribution in [0.1, 0.15) is 37.9 Å². The van der Waals surface area contributed by atoms with Gasteiger partial charge in [-0.25, -0.2) is 13.4 Å². The number of nitrogens with zero attached hydrogens (tertiary/aromatic N) is 4. The maximum atomic E-state index is 12.8. The summed E-state index contributed by atoms with van der Waals surface area (Å²) in [5, 5.41) is 14.8. The summed E-state index contributed by atoms with van der Waals surface area (Å²) in [5.41, 5.74) is 4.13. The van der Waals surface area contributed by atoms with Crippen LogP contribution in [-0.4, -0.2) is 46.0 Å². The van der Waals surface area contributed by atoms with Gasteiger partial charge in [-0.15, -0.1) is 0 Å². The third kappa shape index (κ3) is 3.22. The van der Waals surface area contributed by atoms with Crippen LogP contribution in [0, 0.1) is 0 Å². The van der Waals surface area contributed by atoms with E-state index in [4.69, 9.17) is 21.9 Å². The molecule has 2 aromatic rings. The molecule has 0 bridgehead atoms. The number of hydrogen-bond donors (Lipinski definition) is 2. The lowest BCUT2D eigenvalue weighted by molar-refractivity contribution is 0.0194. The zero-order valence-electron chi connectivity index (χ0n) is 13.7. The summed E-state index contributed by atoms with van der Waals surface area (Å²) in [6.07, 6.45) is 1.39. The van der Waals surface area contributed by atoms with Crippen molar-refractivity contribution >= 4 is 27.4 Å². The Bertz CT molecular complexity index is 900. The number of aromatic nitrogens is 3. The molecular formula is C14H18ClN5O4S. The zero-order valence-corrected chi connectivity index (χ0v) is 15.3. The zero-order chi connectivity index (χ0) is 18.4. The van der Waals surface area contributed by atoms with Crippen molar-refractivity contribution in [2.45, 2.75) is 36.7 Å². The first kappa shape index (κ1) is 18.1. The topological polar surface area (TPSA) is 135 Å². The van der Waals surface area contributed by atoms with E-state index in [2.05, 4.69) is 15.1 Å². The molecule has 25 heavy (non-hydrogen) atoms. The van der Waals surface area contributed by atoms with Gasteiger partial charge in [0.1, 0.15) is 10.7 Å². The van der Waals surface area contributed by atoms with Crippen LogP contribution in [0.25, 0.3) is 0 Å². The average Bonchev–Trinajstić information content (AvgIpc) is 3.17. The smallest absolute Gasteiger partial charge is 0.260 e. The summed E-state index contributed by atoms with van der Waals surface area (Å²) in [6.45, 7) is 3.63. The standard InChI is InChI=1S/C14H18ClN5O4S/c1-8(2)12-18-13(24-19-12)14(21)3-4-20(7-14)25(22,23)10-5-9(15)6-17-11(10)16/h5-6,8,21H,3-4,7H2,1-2H3,(H2,16,17). The number of nitrogens with two attached hydrogens (primary N) is 1. The van der Waals surface area contributed by atoms with Crippen LogP contribution in [0.15, 0.2) is 21.7 Å². The van der Waals surface area contributed by atoms with Gasteiger partial charge < -0.3 is 15.4 Å². The van der Waals surface area contributed by atoms with Gasteiger partial charge in [0.25, 0.3) is 5.89 Å². The summed E-state index contributed by atoms with van der Waals surface area (Å²) in [5.74, 6) is 0.332. The van der Waals surface area contributed by atoms with Gasteiger partial charge in [-0.05, 0) is 6.07 Å². The number of hydrogen-bond acceptors (Lipinski definition) is 8. The molecule has 1 aliphatic rings. The molecule has 3 N–H and O–H groups in total. The number of anilines is 1. The van der Waals surface area contributed by atoms with Crippen molar-refractivity contribution in [3.05, 3.63) is 29.0 Å². The van der Waals surface area contributed by atoms with E-state index in [-0.39, 0.29) is 47.1 Å². The second kappa shape index (κ2) is 6.20. The Hall–Kier alpha value is -1.75. The minimum atomic E-state index is -3.97. The Labute approximate surface area is 149 Å². The maximum absolute atomic E-state index is 12.8. The molecule has 3 rings (SSSR count). The van der Waals surface area contributed by atoms with Crippen LogP contribution in [-0.2, 0) is 15.6 Å². The van der Waals surface area contributed by atoms with Gasteiger partial charge >= 0.3 is 0 Å². The van der Waals surface area contributed by atoms with Crippen LogP contribution >= 0.6 is 11.6 Å². The molecule has 136 valence electrons. The molecular weight excluding hydrogens is 370 g/mol. The number of nitrogen functional groups attached to an aromatic ring is 1. The van der Waals surface area contributed by atoms with E-state index < -0.39 is 15.6 Å². The molecule has 0 radical (unpaired) electrons. The van der Waals surface area contributed by atoms with Crippen LogP contribution in [0.3, 0.4) is 0 Å². The summed E-state index contributed by atoms with van der Waals surface area (Å²) in [7, 11) is -3.97. The molecule has 1 fully saturated rings. The molecule has 1 aliphatic heterocycles. The van der Waals surface area contributed by atoms with Crippen molar-refractivity contribution in [1.29, 1.82) is 0 Å². The van der Waals surface area contributed by atoms with Crippen molar-refractivity contribution in [3.63, 3.8) is 0 Å². The first-order valence-corrected chi connectivity index (χ1v) is 9.43. The highest BCUT2D eigenvalue weighted by Gasteiger charge is 2.47. The van der Waals surface area contributed by atoms with E-state index in [1.54, 1.807) is 0 Å². The molecule has 9 nitrogen and oxygen atoms in total. The van der Waals surface area contributed by atoms with E-state index in [0.717, 1.165) is 4.31 Å². The number of sulfonamides is 1. The van der Waals surface area contributed by atoms with Gasteiger partial charge in [0.2, 0.25) is 10.0 Å². The number of β-amino-alcohol motifs (C(OH)–C–C–N with tert-alkyl or cyclic N) is 1. The van der Waals surface area contributed by atoms with Crippen LogP contribution in [0.5, 0.6) is 0 Å². The largest absolute Gasteiger partial charge is 0.383 e. The molecule has 1 saturated heterocycles. The van der Waals surface area contributed by atoms with Crippen molar-refractivity contribution < 1.29 is 18.0 Å². The van der Waals surface area contributed by atoms with E-state index in [0.29, 0.717) is 5.82 Å². The van der Waals surface area contributed by atoms with Gasteiger partial charge in [0.15, 0.2) is 11.4 Å². The maximum Gasteiger partial charge on any atom is 0.260 e. The molecule has 11 heteroatoms. The van der Waals surface area contributed by atoms with Gasteiger partial charge in [0, 0.05) is 25.1 Å². The molecule has 0 spiro atoms. The summed E-state index contributed by atoms with van der Waals surface area (Å²) < 4.78 is 31.9. The highest BCUT2D eigenvalue weighted by atomic mass is 35.5. The Morgan fingerprint density at radius 2 is 2.20 bits per heavy atom. The molecule has 1 atom stereocenters. The minimum absolute atomic E-state index is 0.00564. The van der Waals surface area contributed by atoms with E-state index in [9.17, 15) is 13.5 Å². The Morgan fingerprint density at radius 3 is 2.84 bits per heavy atom. The number of aliphatic hydroxyl groups is 1. The number of rotatable bonds is 4. The molecule has 1 unspecified atom stereocenters. The fourth-order valence-corrected chi connectivity index (χ4v) is 4.38. The average molecular weight is 388 g/mol. The second-order valence-electron chi connectivity index (χ2n) is 6.27. The quantitative estimate of drug-likeness (QED) is 0.796. The molecule has 0 aromatic carbocycles. The summed E-state index contributed by atoms with van der Waals surface area (Å²) >= 11 is 5.83. The van der Waals surface area contributed by atoms with Gasteiger partial charge in [-0.3, -0.25) is 0 Å². The van der Waals surface area contributed by atoms with Crippen molar-refractivity contribution in [1.82, 2.24) is 19.4 Å². The van der Waals surface area contributed by atoms with Crippen LogP contribution in [0.2, 0.25) is 5.02 Å². The number of halogens is 1. The lowest BCUT2D eigenvalue weighted by Gasteiger charge is -2.20. The lowest BCUT2D eigenvalue weighted by atomic mass is 10.0. The third-order valence-electron chi connectivity index (χ3n) is 4.04. The third-order valence-corrected chi connectivity index (χ3v) is 6.12. The first-order chi connectivity index (χ1) is 11.6. The lowest BCUT2D eigenvalue weighted by Crippen LogP contribution is -2.35. The first-order valence-electron chi connectivity index (χ1n) is 7.61. The molecule has 3 heterocycles. The predicted molar refractivity (Wildman–Crippen MR) is 89.3 cm³/mol. The SMILES string of the molecule is CC(C)c1noc(C2(O)CCN(S(=O)(=O)c3cc(Cl)cnc3N)C2)n1. The fourth-order valence-electron chi connectivity index (χ4n) is 2.57. The van der Waals surface area contributed by atoms with E-state index >= 15 is 0 Å². The Morgan fingerprint density at radius 1 is 1.48 bits per heavy atom. The number of pyridine rings is 1. The molecule has 0 saturated carbocycles. The van der Waals surface area contributed by atoms with Gasteiger partial charge in [0.05, 0.1) is 11.6 Å². The van der Waals surface area contributed by atoms with Crippen molar-refractivity contribution in [3.8, 4) is 0 Å². The van der Waals surface area contributed by atoms with Gasteiger partial charge in [-0.1, -0.05) is 30.6 Å². The monoisotopic (exact) mass is 387 g/mol. The van der Waals surface area contributed by atoms with Gasteiger partial charge in [-0.2, -0.15) is 9.29 Å². The van der Waals surface area contributed by atoms with Crippen LogP contribution in [0.4, 0.5) is 5.82 Å². The second-order valence-corrected chi connectivity index (χ2v) is 8.61. The normalized spacial score (nSPS) is 22.0. The highest BCUT2D eigenvalue weighted by molar-refractivity contribution is 7.89. The predicted octanol–water partition coefficient (Wildman–Crippen LogP) is 1.11. The summed E-state index contributed by atoms with van der Waals surface area (Å²) in [6, 6.07) is 1.24. The van der Waals surface area contributed by atoms with E-state index in [1.165, 1.54) is 12.3 Å². The molecule has 2 aromatic heterocycles. The Balaban J connectivity index is 1.89. The summed E-state index contributed by atoms with van der Waals surface area (Å²) in [4.78, 5) is 7.75. The highest BCUT2D eigenvalue weighted by Crippen LogP contribution is 2.35. The minimum Gasteiger partial charge on any atom is -0.383 e. The van der Waals surface area contributed by atoms with Crippen molar-refractivity contribution in [2.75, 3.05) is 18.8 Å².